The van der Waals surface area contributed by atoms with Crippen LogP contribution in [0.25, 0.3) is 0 Å². The molecule has 33 heavy (non-hydrogen) atoms. The van der Waals surface area contributed by atoms with Crippen molar-refractivity contribution in [3.8, 4) is 0 Å². The van der Waals surface area contributed by atoms with Gasteiger partial charge in [0.05, 0.1) is 10.6 Å². The van der Waals surface area contributed by atoms with Gasteiger partial charge in [-0.2, -0.15) is 0 Å². The van der Waals surface area contributed by atoms with Crippen molar-refractivity contribution in [2.45, 2.75) is 18.7 Å². The highest BCUT2D eigenvalue weighted by Gasteiger charge is 2.16. The van der Waals surface area contributed by atoms with E-state index in [-0.39, 0.29) is 29.1 Å². The van der Waals surface area contributed by atoms with Crippen molar-refractivity contribution >= 4 is 27.5 Å². The van der Waals surface area contributed by atoms with E-state index < -0.39 is 27.7 Å². The maximum absolute atomic E-state index is 13.6. The first-order chi connectivity index (χ1) is 15.7. The summed E-state index contributed by atoms with van der Waals surface area (Å²) in [5.41, 5.74) is 2.19. The number of para-hydroxylation sites is 1. The molecule has 172 valence electrons. The van der Waals surface area contributed by atoms with Crippen molar-refractivity contribution in [1.82, 2.24) is 10.6 Å². The molecular formula is C24H24FN3O4S. The number of hydrogen-bond acceptors (Lipinski definition) is 4. The van der Waals surface area contributed by atoms with Gasteiger partial charge in [0.2, 0.25) is 0 Å². The Morgan fingerprint density at radius 3 is 1.97 bits per heavy atom. The van der Waals surface area contributed by atoms with Gasteiger partial charge < -0.3 is 10.6 Å². The molecule has 9 heteroatoms. The SMILES string of the molecule is Cc1ccc(C(=O)NCCNC(=O)c2ccc(S(=O)(=O)Nc3ccccc3C)cc2)cc1F. The molecule has 2 amide bonds. The second-order valence-corrected chi connectivity index (χ2v) is 9.10. The molecule has 0 bridgehead atoms. The molecule has 3 N–H and O–H groups in total. The predicted octanol–water partition coefficient (Wildman–Crippen LogP) is 3.40. The average molecular weight is 470 g/mol. The lowest BCUT2D eigenvalue weighted by atomic mass is 10.1. The molecule has 0 aromatic heterocycles. The summed E-state index contributed by atoms with van der Waals surface area (Å²) in [6.07, 6.45) is 0. The van der Waals surface area contributed by atoms with Gasteiger partial charge in [-0.3, -0.25) is 14.3 Å². The van der Waals surface area contributed by atoms with Crippen molar-refractivity contribution in [1.29, 1.82) is 0 Å². The molecule has 0 aliphatic carbocycles. The molecule has 0 saturated carbocycles. The van der Waals surface area contributed by atoms with Gasteiger partial charge in [0.25, 0.3) is 21.8 Å². The third-order valence-corrected chi connectivity index (χ3v) is 6.33. The molecule has 0 fully saturated rings. The molecule has 7 nitrogen and oxygen atoms in total. The minimum absolute atomic E-state index is 0.0277. The van der Waals surface area contributed by atoms with Gasteiger partial charge in [0.15, 0.2) is 0 Å². The molecule has 0 atom stereocenters. The average Bonchev–Trinajstić information content (AvgIpc) is 2.79. The van der Waals surface area contributed by atoms with E-state index >= 15 is 0 Å². The summed E-state index contributed by atoms with van der Waals surface area (Å²) in [6.45, 7) is 3.70. The summed E-state index contributed by atoms with van der Waals surface area (Å²) >= 11 is 0. The Balaban J connectivity index is 1.52. The first kappa shape index (κ1) is 23.9. The molecule has 0 spiro atoms. The van der Waals surface area contributed by atoms with E-state index in [1.165, 1.54) is 36.4 Å². The fraction of sp³-hybridized carbons (Fsp3) is 0.167. The number of sulfonamides is 1. The van der Waals surface area contributed by atoms with Crippen LogP contribution in [0.5, 0.6) is 0 Å². The first-order valence-electron chi connectivity index (χ1n) is 10.2. The molecule has 0 heterocycles. The van der Waals surface area contributed by atoms with E-state index in [1.54, 1.807) is 32.0 Å². The second-order valence-electron chi connectivity index (χ2n) is 7.42. The number of hydrogen-bond donors (Lipinski definition) is 3. The highest BCUT2D eigenvalue weighted by Crippen LogP contribution is 2.19. The number of benzene rings is 3. The van der Waals surface area contributed by atoms with E-state index in [4.69, 9.17) is 0 Å². The van der Waals surface area contributed by atoms with Gasteiger partial charge >= 0.3 is 0 Å². The van der Waals surface area contributed by atoms with Crippen LogP contribution in [0.1, 0.15) is 31.8 Å². The molecule has 0 saturated heterocycles. The van der Waals surface area contributed by atoms with E-state index in [0.717, 1.165) is 11.6 Å². The van der Waals surface area contributed by atoms with E-state index in [1.807, 2.05) is 6.07 Å². The lowest BCUT2D eigenvalue weighted by Gasteiger charge is -2.11. The van der Waals surface area contributed by atoms with Crippen molar-refractivity contribution < 1.29 is 22.4 Å². The summed E-state index contributed by atoms with van der Waals surface area (Å²) in [5, 5.41) is 5.24. The molecule has 0 aliphatic heterocycles. The third-order valence-electron chi connectivity index (χ3n) is 4.95. The number of anilines is 1. The smallest absolute Gasteiger partial charge is 0.261 e. The van der Waals surface area contributed by atoms with Crippen LogP contribution in [0.4, 0.5) is 10.1 Å². The number of carbonyl (C=O) groups is 2. The Bertz CT molecular complexity index is 1280. The standard InChI is InChI=1S/C24H24FN3O4S/c1-16-7-8-19(15-21(16)25)24(30)27-14-13-26-23(29)18-9-11-20(12-10-18)33(31,32)28-22-6-4-3-5-17(22)2/h3-12,15,28H,13-14H2,1-2H3,(H,26,29)(H,27,30). The van der Waals surface area contributed by atoms with Gasteiger partial charge in [-0.05, 0) is 67.4 Å². The third kappa shape index (κ3) is 6.17. The predicted molar refractivity (Wildman–Crippen MR) is 124 cm³/mol. The fourth-order valence-corrected chi connectivity index (χ4v) is 4.10. The Morgan fingerprint density at radius 2 is 1.36 bits per heavy atom. The number of nitrogens with one attached hydrogen (secondary N) is 3. The minimum Gasteiger partial charge on any atom is -0.350 e. The Hall–Kier alpha value is -3.72. The zero-order valence-corrected chi connectivity index (χ0v) is 19.0. The van der Waals surface area contributed by atoms with Gasteiger partial charge in [-0.25, -0.2) is 12.8 Å². The van der Waals surface area contributed by atoms with Crippen LogP contribution < -0.4 is 15.4 Å². The van der Waals surface area contributed by atoms with Crippen molar-refractivity contribution in [3.05, 3.63) is 94.8 Å². The Morgan fingerprint density at radius 1 is 0.788 bits per heavy atom. The van der Waals surface area contributed by atoms with Crippen LogP contribution >= 0.6 is 0 Å². The van der Waals surface area contributed by atoms with Crippen LogP contribution in [0.3, 0.4) is 0 Å². The first-order valence-corrected chi connectivity index (χ1v) is 11.7. The summed E-state index contributed by atoms with van der Waals surface area (Å²) in [5.74, 6) is -1.32. The summed E-state index contributed by atoms with van der Waals surface area (Å²) in [7, 11) is -3.80. The number of aryl methyl sites for hydroxylation is 2. The number of carbonyl (C=O) groups excluding carboxylic acids is 2. The van der Waals surface area contributed by atoms with E-state index in [0.29, 0.717) is 11.3 Å². The Kier molecular flexibility index (Phi) is 7.44. The highest BCUT2D eigenvalue weighted by molar-refractivity contribution is 7.92. The fourth-order valence-electron chi connectivity index (χ4n) is 2.97. The number of rotatable bonds is 8. The number of amides is 2. The molecule has 0 unspecified atom stereocenters. The normalized spacial score (nSPS) is 11.0. The van der Waals surface area contributed by atoms with Gasteiger partial charge in [-0.1, -0.05) is 24.3 Å². The molecule has 3 rings (SSSR count). The molecule has 3 aromatic rings. The zero-order valence-electron chi connectivity index (χ0n) is 18.2. The lowest BCUT2D eigenvalue weighted by molar-refractivity contribution is 0.0927. The van der Waals surface area contributed by atoms with Crippen LogP contribution in [0, 0.1) is 19.7 Å². The largest absolute Gasteiger partial charge is 0.350 e. The Labute approximate surface area is 192 Å². The summed E-state index contributed by atoms with van der Waals surface area (Å²) in [6, 6.07) is 16.7. The second kappa shape index (κ2) is 10.3. The summed E-state index contributed by atoms with van der Waals surface area (Å²) < 4.78 is 41.3. The number of halogens is 1. The van der Waals surface area contributed by atoms with Gasteiger partial charge in [-0.15, -0.1) is 0 Å². The van der Waals surface area contributed by atoms with Crippen molar-refractivity contribution in [2.75, 3.05) is 17.8 Å². The lowest BCUT2D eigenvalue weighted by Crippen LogP contribution is -2.34. The zero-order chi connectivity index (χ0) is 24.0. The highest BCUT2D eigenvalue weighted by atomic mass is 32.2. The molecule has 0 aliphatic rings. The van der Waals surface area contributed by atoms with Crippen LogP contribution in [0.15, 0.2) is 71.6 Å². The van der Waals surface area contributed by atoms with Crippen molar-refractivity contribution in [2.24, 2.45) is 0 Å². The topological polar surface area (TPSA) is 104 Å². The maximum Gasteiger partial charge on any atom is 0.261 e. The maximum atomic E-state index is 13.6. The minimum atomic E-state index is -3.80. The van der Waals surface area contributed by atoms with Crippen LogP contribution in [-0.2, 0) is 10.0 Å². The van der Waals surface area contributed by atoms with Gasteiger partial charge in [0.1, 0.15) is 5.82 Å². The van der Waals surface area contributed by atoms with Crippen molar-refractivity contribution in [3.63, 3.8) is 0 Å². The van der Waals surface area contributed by atoms with E-state index in [2.05, 4.69) is 15.4 Å². The molecular weight excluding hydrogens is 445 g/mol. The quantitative estimate of drug-likeness (QED) is 0.440. The van der Waals surface area contributed by atoms with Gasteiger partial charge in [0, 0.05) is 24.2 Å². The molecule has 3 aromatic carbocycles. The van der Waals surface area contributed by atoms with Crippen LogP contribution in [0.2, 0.25) is 0 Å². The summed E-state index contributed by atoms with van der Waals surface area (Å²) in [4.78, 5) is 24.4. The molecule has 0 radical (unpaired) electrons. The van der Waals surface area contributed by atoms with Crippen LogP contribution in [-0.4, -0.2) is 33.3 Å². The van der Waals surface area contributed by atoms with E-state index in [9.17, 15) is 22.4 Å². The monoisotopic (exact) mass is 469 g/mol.